The molecule has 0 saturated heterocycles. The van der Waals surface area contributed by atoms with Crippen molar-refractivity contribution >= 4 is 108 Å². The van der Waals surface area contributed by atoms with Crippen LogP contribution in [-0.2, 0) is 0 Å². The molecule has 0 atom stereocenters. The molecule has 0 spiro atoms. The molecule has 6 nitrogen and oxygen atoms in total. The second kappa shape index (κ2) is 12.7. The van der Waals surface area contributed by atoms with Gasteiger partial charge >= 0.3 is 0 Å². The van der Waals surface area contributed by atoms with Crippen LogP contribution < -0.4 is 0 Å². The SMILES string of the molecule is c1ccc2cc3c(cc2c1)c1ccccc1n3-c1cc(-c2nc(-c3ccc4c(c3)sc3ccccc34)nc(-n3c4ccccc4c4ccccc43)n2)c2oc3ccccc3c2c1. The van der Waals surface area contributed by atoms with Crippen molar-refractivity contribution < 1.29 is 4.42 Å². The lowest BCUT2D eigenvalue weighted by Crippen LogP contribution is -2.07. The Morgan fingerprint density at radius 3 is 1.76 bits per heavy atom. The van der Waals surface area contributed by atoms with Crippen LogP contribution in [0.3, 0.4) is 0 Å². The zero-order valence-corrected chi connectivity index (χ0v) is 33.8. The summed E-state index contributed by atoms with van der Waals surface area (Å²) in [6.45, 7) is 0. The van der Waals surface area contributed by atoms with E-state index in [0.29, 0.717) is 17.6 Å². The van der Waals surface area contributed by atoms with Crippen LogP contribution in [0, 0.1) is 0 Å². The Balaban J connectivity index is 1.10. The number of rotatable bonds is 4. The standard InChI is InChI=1S/C55H31N5OS/c1-2-14-33-28-48-42(27-32(33)13-1)38-17-5-8-20-45(38)59(48)35-30-43-39-18-6-11-23-49(39)61-52(43)44(31-35)54-56-53(34-25-26-41-40-19-7-12-24-50(40)62-51(41)29-34)57-55(58-54)60-46-21-9-3-15-36(46)37-16-4-10-22-47(37)60/h1-31H. The quantitative estimate of drug-likeness (QED) is 0.178. The number of para-hydroxylation sites is 4. The third kappa shape index (κ3) is 4.82. The maximum Gasteiger partial charge on any atom is 0.238 e. The molecule has 0 unspecified atom stereocenters. The minimum Gasteiger partial charge on any atom is -0.455 e. The van der Waals surface area contributed by atoms with Gasteiger partial charge in [-0.2, -0.15) is 9.97 Å². The van der Waals surface area contributed by atoms with Gasteiger partial charge < -0.3 is 8.98 Å². The van der Waals surface area contributed by atoms with Gasteiger partial charge in [-0.05, 0) is 71.4 Å². The number of thiophene rings is 1. The number of benzene rings is 9. The van der Waals surface area contributed by atoms with Crippen molar-refractivity contribution in [3.63, 3.8) is 0 Å². The van der Waals surface area contributed by atoms with Gasteiger partial charge in [0.1, 0.15) is 11.2 Å². The molecular weight excluding hydrogens is 779 g/mol. The molecule has 9 aromatic carbocycles. The fraction of sp³-hybridized carbons (Fsp3) is 0. The number of furan rings is 1. The molecule has 0 aliphatic carbocycles. The molecule has 0 radical (unpaired) electrons. The molecule has 0 aliphatic rings. The van der Waals surface area contributed by atoms with E-state index in [1.54, 1.807) is 11.3 Å². The Morgan fingerprint density at radius 1 is 0.387 bits per heavy atom. The minimum absolute atomic E-state index is 0.528. The highest BCUT2D eigenvalue weighted by Gasteiger charge is 2.23. The summed E-state index contributed by atoms with van der Waals surface area (Å²) < 4.78 is 13.8. The Morgan fingerprint density at radius 2 is 0.984 bits per heavy atom. The van der Waals surface area contributed by atoms with Gasteiger partial charge in [0.15, 0.2) is 11.6 Å². The van der Waals surface area contributed by atoms with E-state index in [2.05, 4.69) is 185 Å². The van der Waals surface area contributed by atoms with Crippen LogP contribution in [0.25, 0.3) is 131 Å². The van der Waals surface area contributed by atoms with Gasteiger partial charge in [-0.25, -0.2) is 4.98 Å². The lowest BCUT2D eigenvalue weighted by Gasteiger charge is -2.13. The fourth-order valence-electron chi connectivity index (χ4n) is 9.76. The number of hydrogen-bond acceptors (Lipinski definition) is 5. The van der Waals surface area contributed by atoms with Crippen molar-refractivity contribution in [2.24, 2.45) is 0 Å². The van der Waals surface area contributed by atoms with E-state index in [1.165, 1.54) is 41.7 Å². The summed E-state index contributed by atoms with van der Waals surface area (Å²) in [5.74, 6) is 1.65. The first-order valence-corrected chi connectivity index (χ1v) is 21.6. The number of hydrogen-bond donors (Lipinski definition) is 0. The largest absolute Gasteiger partial charge is 0.455 e. The smallest absolute Gasteiger partial charge is 0.238 e. The number of aromatic nitrogens is 5. The molecule has 14 rings (SSSR count). The van der Waals surface area contributed by atoms with Gasteiger partial charge in [0.05, 0.1) is 27.6 Å². The van der Waals surface area contributed by atoms with Crippen LogP contribution in [0.2, 0.25) is 0 Å². The first-order chi connectivity index (χ1) is 30.7. The average molecular weight is 810 g/mol. The Kier molecular flexibility index (Phi) is 6.89. The summed E-state index contributed by atoms with van der Waals surface area (Å²) in [5.41, 5.74) is 8.53. The monoisotopic (exact) mass is 809 g/mol. The van der Waals surface area contributed by atoms with Crippen molar-refractivity contribution in [2.75, 3.05) is 0 Å². The van der Waals surface area contributed by atoms with Crippen molar-refractivity contribution in [3.05, 3.63) is 188 Å². The van der Waals surface area contributed by atoms with Gasteiger partial charge in [-0.3, -0.25) is 4.57 Å². The molecule has 5 aromatic heterocycles. The maximum absolute atomic E-state index is 6.84. The Labute approximate surface area is 357 Å². The highest BCUT2D eigenvalue weighted by molar-refractivity contribution is 7.25. The first kappa shape index (κ1) is 33.7. The van der Waals surface area contributed by atoms with Crippen molar-refractivity contribution in [3.8, 4) is 34.4 Å². The highest BCUT2D eigenvalue weighted by atomic mass is 32.1. The predicted octanol–water partition coefficient (Wildman–Crippen LogP) is 14.8. The fourth-order valence-corrected chi connectivity index (χ4v) is 10.9. The Hall–Kier alpha value is -8.13. The molecule has 62 heavy (non-hydrogen) atoms. The molecular formula is C55H31N5OS. The third-order valence-corrected chi connectivity index (χ3v) is 13.7. The van der Waals surface area contributed by atoms with Gasteiger partial charge in [-0.15, -0.1) is 11.3 Å². The topological polar surface area (TPSA) is 61.7 Å². The van der Waals surface area contributed by atoms with Crippen LogP contribution in [0.5, 0.6) is 0 Å². The van der Waals surface area contributed by atoms with Crippen molar-refractivity contribution in [1.29, 1.82) is 0 Å². The highest BCUT2D eigenvalue weighted by Crippen LogP contribution is 2.42. The van der Waals surface area contributed by atoms with Gasteiger partial charge in [0.2, 0.25) is 5.95 Å². The van der Waals surface area contributed by atoms with E-state index in [-0.39, 0.29) is 0 Å². The summed E-state index contributed by atoms with van der Waals surface area (Å²) in [5, 5.41) is 11.6. The number of nitrogens with zero attached hydrogens (tertiary/aromatic N) is 5. The molecule has 0 aliphatic heterocycles. The van der Waals surface area contributed by atoms with Gasteiger partial charge in [0.25, 0.3) is 0 Å². The lowest BCUT2D eigenvalue weighted by molar-refractivity contribution is 0.669. The molecule has 288 valence electrons. The van der Waals surface area contributed by atoms with Crippen LogP contribution in [0.4, 0.5) is 0 Å². The predicted molar refractivity (Wildman–Crippen MR) is 257 cm³/mol. The molecule has 0 saturated carbocycles. The summed E-state index contributed by atoms with van der Waals surface area (Å²) >= 11 is 1.79. The second-order valence-corrected chi connectivity index (χ2v) is 17.1. The molecule has 0 bridgehead atoms. The van der Waals surface area contributed by atoms with Gasteiger partial charge in [-0.1, -0.05) is 127 Å². The van der Waals surface area contributed by atoms with Crippen LogP contribution in [0.15, 0.2) is 192 Å². The summed E-state index contributed by atoms with van der Waals surface area (Å²) in [7, 11) is 0. The molecule has 7 heteroatoms. The molecule has 0 fully saturated rings. The normalized spacial score (nSPS) is 12.2. The van der Waals surface area contributed by atoms with E-state index in [9.17, 15) is 0 Å². The van der Waals surface area contributed by atoms with E-state index in [0.717, 1.165) is 71.6 Å². The van der Waals surface area contributed by atoms with Crippen LogP contribution in [-0.4, -0.2) is 24.1 Å². The first-order valence-electron chi connectivity index (χ1n) is 20.8. The molecule has 0 N–H and O–H groups in total. The minimum atomic E-state index is 0.528. The molecule has 14 aromatic rings. The molecule has 0 amide bonds. The average Bonchev–Trinajstić information content (AvgIpc) is 4.08. The van der Waals surface area contributed by atoms with Gasteiger partial charge in [0, 0.05) is 63.7 Å². The second-order valence-electron chi connectivity index (χ2n) is 16.0. The van der Waals surface area contributed by atoms with Crippen LogP contribution in [0.1, 0.15) is 0 Å². The molecule has 5 heterocycles. The van der Waals surface area contributed by atoms with E-state index >= 15 is 0 Å². The summed E-state index contributed by atoms with van der Waals surface area (Å²) in [4.78, 5) is 16.2. The van der Waals surface area contributed by atoms with Crippen molar-refractivity contribution in [2.45, 2.75) is 0 Å². The zero-order chi connectivity index (χ0) is 40.5. The lowest BCUT2D eigenvalue weighted by atomic mass is 10.1. The maximum atomic E-state index is 6.84. The number of fused-ring (bicyclic) bond motifs is 13. The van der Waals surface area contributed by atoms with E-state index in [1.807, 2.05) is 12.1 Å². The third-order valence-electron chi connectivity index (χ3n) is 12.5. The summed E-state index contributed by atoms with van der Waals surface area (Å²) in [6.07, 6.45) is 0. The van der Waals surface area contributed by atoms with E-state index < -0.39 is 0 Å². The van der Waals surface area contributed by atoms with E-state index in [4.69, 9.17) is 19.4 Å². The summed E-state index contributed by atoms with van der Waals surface area (Å²) in [6, 6.07) is 66.7. The Bertz CT molecular complexity index is 4130. The zero-order valence-electron chi connectivity index (χ0n) is 33.0. The van der Waals surface area contributed by atoms with Crippen LogP contribution >= 0.6 is 11.3 Å². The van der Waals surface area contributed by atoms with Crippen molar-refractivity contribution in [1.82, 2.24) is 24.1 Å².